The molecule has 0 radical (unpaired) electrons. The maximum absolute atomic E-state index is 12.6. The summed E-state index contributed by atoms with van der Waals surface area (Å²) in [4.78, 5) is 12.6. The van der Waals surface area contributed by atoms with Crippen LogP contribution in [0.1, 0.15) is 28.9 Å². The fourth-order valence-electron chi connectivity index (χ4n) is 3.14. The van der Waals surface area contributed by atoms with Crippen LogP contribution in [0.5, 0.6) is 0 Å². The third-order valence-electron chi connectivity index (χ3n) is 4.82. The van der Waals surface area contributed by atoms with E-state index in [2.05, 4.69) is 31.4 Å². The fraction of sp³-hybridized carbons (Fsp3) is 0.0833. The minimum atomic E-state index is -0.0958. The average molecular weight is 446 g/mol. The molecule has 1 heterocycles. The van der Waals surface area contributed by atoms with Crippen molar-refractivity contribution in [1.29, 1.82) is 0 Å². The molecule has 1 amide bonds. The second-order valence-corrected chi connectivity index (χ2v) is 7.77. The Balaban J connectivity index is 1.45. The SMILES string of the molecule is C[C@H](NC(=O)c1ccc(-c2cc(-c3ccccc3)n[nH]2)cc1)c1ccc(Br)cc1. The van der Waals surface area contributed by atoms with Gasteiger partial charge in [0.05, 0.1) is 17.4 Å². The third-order valence-corrected chi connectivity index (χ3v) is 5.35. The number of carbonyl (C=O) groups is 1. The molecular weight excluding hydrogens is 426 g/mol. The first-order valence-electron chi connectivity index (χ1n) is 9.38. The first kappa shape index (κ1) is 19.2. The lowest BCUT2D eigenvalue weighted by molar-refractivity contribution is 0.0940. The second kappa shape index (κ2) is 8.45. The predicted octanol–water partition coefficient (Wildman–Crippen LogP) is 6.00. The van der Waals surface area contributed by atoms with Gasteiger partial charge in [-0.3, -0.25) is 9.89 Å². The van der Waals surface area contributed by atoms with Crippen LogP contribution < -0.4 is 5.32 Å². The number of benzene rings is 3. The van der Waals surface area contributed by atoms with Crippen molar-refractivity contribution in [1.82, 2.24) is 15.5 Å². The Morgan fingerprint density at radius 2 is 1.62 bits per heavy atom. The van der Waals surface area contributed by atoms with Gasteiger partial charge in [0.25, 0.3) is 5.91 Å². The van der Waals surface area contributed by atoms with Gasteiger partial charge in [-0.05, 0) is 48.4 Å². The van der Waals surface area contributed by atoms with Crippen LogP contribution in [-0.2, 0) is 0 Å². The van der Waals surface area contributed by atoms with Gasteiger partial charge in [-0.1, -0.05) is 70.5 Å². The summed E-state index contributed by atoms with van der Waals surface area (Å²) in [6.45, 7) is 1.98. The van der Waals surface area contributed by atoms with Gasteiger partial charge in [-0.2, -0.15) is 5.10 Å². The second-order valence-electron chi connectivity index (χ2n) is 6.86. The lowest BCUT2D eigenvalue weighted by Crippen LogP contribution is -2.26. The maximum Gasteiger partial charge on any atom is 0.251 e. The van der Waals surface area contributed by atoms with E-state index >= 15 is 0 Å². The number of nitrogens with zero attached hydrogens (tertiary/aromatic N) is 1. The molecule has 0 aliphatic heterocycles. The highest BCUT2D eigenvalue weighted by atomic mass is 79.9. The average Bonchev–Trinajstić information content (AvgIpc) is 3.25. The van der Waals surface area contributed by atoms with Crippen LogP contribution in [-0.4, -0.2) is 16.1 Å². The Bertz CT molecular complexity index is 1100. The van der Waals surface area contributed by atoms with E-state index in [0.717, 1.165) is 32.6 Å². The van der Waals surface area contributed by atoms with E-state index in [9.17, 15) is 4.79 Å². The van der Waals surface area contributed by atoms with E-state index in [1.54, 1.807) is 0 Å². The summed E-state index contributed by atoms with van der Waals surface area (Å²) in [7, 11) is 0. The van der Waals surface area contributed by atoms with Crippen molar-refractivity contribution in [3.63, 3.8) is 0 Å². The Labute approximate surface area is 178 Å². The molecular formula is C24H20BrN3O. The molecule has 0 spiro atoms. The molecule has 4 nitrogen and oxygen atoms in total. The number of amides is 1. The van der Waals surface area contributed by atoms with Crippen LogP contribution in [0.4, 0.5) is 0 Å². The van der Waals surface area contributed by atoms with E-state index in [4.69, 9.17) is 0 Å². The normalized spacial score (nSPS) is 11.8. The van der Waals surface area contributed by atoms with Gasteiger partial charge in [0.2, 0.25) is 0 Å². The van der Waals surface area contributed by atoms with Crippen molar-refractivity contribution in [3.05, 3.63) is 101 Å². The van der Waals surface area contributed by atoms with Crippen molar-refractivity contribution in [3.8, 4) is 22.5 Å². The van der Waals surface area contributed by atoms with Crippen LogP contribution in [0.25, 0.3) is 22.5 Å². The Morgan fingerprint density at radius 3 is 2.31 bits per heavy atom. The number of halogens is 1. The van der Waals surface area contributed by atoms with E-state index in [1.807, 2.05) is 91.9 Å². The van der Waals surface area contributed by atoms with Crippen LogP contribution in [0, 0.1) is 0 Å². The number of aromatic amines is 1. The number of aromatic nitrogens is 2. The summed E-state index contributed by atoms with van der Waals surface area (Å²) in [6, 6.07) is 27.4. The van der Waals surface area contributed by atoms with Crippen molar-refractivity contribution < 1.29 is 4.79 Å². The zero-order chi connectivity index (χ0) is 20.2. The molecule has 3 aromatic carbocycles. The highest BCUT2D eigenvalue weighted by Gasteiger charge is 2.12. The lowest BCUT2D eigenvalue weighted by Gasteiger charge is -2.14. The van der Waals surface area contributed by atoms with Crippen LogP contribution in [0.3, 0.4) is 0 Å². The highest BCUT2D eigenvalue weighted by molar-refractivity contribution is 9.10. The van der Waals surface area contributed by atoms with Gasteiger partial charge in [0.15, 0.2) is 0 Å². The largest absolute Gasteiger partial charge is 0.346 e. The Hall–Kier alpha value is -3.18. The number of rotatable bonds is 5. The zero-order valence-electron chi connectivity index (χ0n) is 15.9. The molecule has 0 fully saturated rings. The standard InChI is InChI=1S/C24H20BrN3O/c1-16(17-11-13-21(25)14-12-17)26-24(29)20-9-7-19(8-10-20)23-15-22(27-28-23)18-5-3-2-4-6-18/h2-16H,1H3,(H,26,29)(H,27,28)/t16-/m0/s1. The first-order chi connectivity index (χ1) is 14.1. The molecule has 1 aromatic heterocycles. The molecule has 4 rings (SSSR count). The fourth-order valence-corrected chi connectivity index (χ4v) is 3.41. The summed E-state index contributed by atoms with van der Waals surface area (Å²) < 4.78 is 1.02. The van der Waals surface area contributed by atoms with Crippen molar-refractivity contribution in [2.45, 2.75) is 13.0 Å². The third kappa shape index (κ3) is 4.46. The maximum atomic E-state index is 12.6. The predicted molar refractivity (Wildman–Crippen MR) is 119 cm³/mol. The molecule has 0 unspecified atom stereocenters. The van der Waals surface area contributed by atoms with Gasteiger partial charge in [-0.25, -0.2) is 0 Å². The Morgan fingerprint density at radius 1 is 0.931 bits per heavy atom. The van der Waals surface area contributed by atoms with Gasteiger partial charge < -0.3 is 5.32 Å². The Kier molecular flexibility index (Phi) is 5.58. The van der Waals surface area contributed by atoms with Crippen molar-refractivity contribution in [2.75, 3.05) is 0 Å². The van der Waals surface area contributed by atoms with Crippen LogP contribution in [0.2, 0.25) is 0 Å². The molecule has 0 saturated carbocycles. The quantitative estimate of drug-likeness (QED) is 0.395. The molecule has 0 aliphatic carbocycles. The molecule has 5 heteroatoms. The van der Waals surface area contributed by atoms with Crippen LogP contribution >= 0.6 is 15.9 Å². The van der Waals surface area contributed by atoms with Crippen LogP contribution in [0.15, 0.2) is 89.4 Å². The van der Waals surface area contributed by atoms with Gasteiger partial charge in [0, 0.05) is 15.6 Å². The number of H-pyrrole nitrogens is 1. The van der Waals surface area contributed by atoms with E-state index in [1.165, 1.54) is 0 Å². The molecule has 0 saturated heterocycles. The van der Waals surface area contributed by atoms with Crippen molar-refractivity contribution >= 4 is 21.8 Å². The summed E-state index contributed by atoms with van der Waals surface area (Å²) in [6.07, 6.45) is 0. The molecule has 1 atom stereocenters. The summed E-state index contributed by atoms with van der Waals surface area (Å²) in [5.41, 5.74) is 5.54. The molecule has 4 aromatic rings. The smallest absolute Gasteiger partial charge is 0.251 e. The molecule has 29 heavy (non-hydrogen) atoms. The number of nitrogens with one attached hydrogen (secondary N) is 2. The lowest BCUT2D eigenvalue weighted by atomic mass is 10.1. The monoisotopic (exact) mass is 445 g/mol. The molecule has 144 valence electrons. The minimum absolute atomic E-state index is 0.0729. The number of hydrogen-bond acceptors (Lipinski definition) is 2. The van der Waals surface area contributed by atoms with E-state index in [0.29, 0.717) is 5.56 Å². The van der Waals surface area contributed by atoms with Crippen molar-refractivity contribution in [2.24, 2.45) is 0 Å². The highest BCUT2D eigenvalue weighted by Crippen LogP contribution is 2.24. The summed E-state index contributed by atoms with van der Waals surface area (Å²) >= 11 is 3.43. The minimum Gasteiger partial charge on any atom is -0.346 e. The van der Waals surface area contributed by atoms with Gasteiger partial charge in [0.1, 0.15) is 0 Å². The molecule has 0 aliphatic rings. The zero-order valence-corrected chi connectivity index (χ0v) is 17.5. The summed E-state index contributed by atoms with van der Waals surface area (Å²) in [5.74, 6) is -0.0958. The summed E-state index contributed by atoms with van der Waals surface area (Å²) in [5, 5.41) is 10.5. The van der Waals surface area contributed by atoms with E-state index < -0.39 is 0 Å². The van der Waals surface area contributed by atoms with Gasteiger partial charge >= 0.3 is 0 Å². The molecule has 0 bridgehead atoms. The molecule has 2 N–H and O–H groups in total. The topological polar surface area (TPSA) is 57.8 Å². The van der Waals surface area contributed by atoms with Gasteiger partial charge in [-0.15, -0.1) is 0 Å². The number of carbonyl (C=O) groups excluding carboxylic acids is 1. The number of hydrogen-bond donors (Lipinski definition) is 2. The first-order valence-corrected chi connectivity index (χ1v) is 10.2. The van der Waals surface area contributed by atoms with E-state index in [-0.39, 0.29) is 11.9 Å².